The van der Waals surface area contributed by atoms with Crippen molar-refractivity contribution < 1.29 is 4.79 Å². The van der Waals surface area contributed by atoms with E-state index in [1.165, 1.54) is 0 Å². The summed E-state index contributed by atoms with van der Waals surface area (Å²) in [4.78, 5) is 11.9. The number of benzene rings is 1. The van der Waals surface area contributed by atoms with Gasteiger partial charge in [0.2, 0.25) is 5.91 Å². The number of rotatable bonds is 6. The molecule has 0 aromatic heterocycles. The second-order valence-electron chi connectivity index (χ2n) is 4.50. The smallest absolute Gasteiger partial charge is 0.237 e. The number of unbranched alkanes of at least 4 members (excludes halogenated alkanes) is 1. The van der Waals surface area contributed by atoms with E-state index in [9.17, 15) is 4.79 Å². The van der Waals surface area contributed by atoms with Crippen LogP contribution in [0.15, 0.2) is 24.3 Å². The van der Waals surface area contributed by atoms with E-state index in [-0.39, 0.29) is 11.9 Å². The lowest BCUT2D eigenvalue weighted by molar-refractivity contribution is -0.123. The third-order valence-corrected chi connectivity index (χ3v) is 3.28. The molecule has 100 valence electrons. The van der Waals surface area contributed by atoms with E-state index in [0.717, 1.165) is 24.8 Å². The number of hydrogen-bond acceptors (Lipinski definition) is 2. The van der Waals surface area contributed by atoms with Gasteiger partial charge in [0, 0.05) is 5.02 Å². The van der Waals surface area contributed by atoms with Gasteiger partial charge in [0.1, 0.15) is 0 Å². The minimum Gasteiger partial charge on any atom is -0.348 e. The van der Waals surface area contributed by atoms with Crippen LogP contribution in [0, 0.1) is 0 Å². The molecule has 0 fully saturated rings. The molecule has 2 atom stereocenters. The monoisotopic (exact) mass is 268 g/mol. The predicted octanol–water partition coefficient (Wildman–Crippen LogP) is 3.03. The topological polar surface area (TPSA) is 55.1 Å². The Kier molecular flexibility index (Phi) is 6.16. The summed E-state index contributed by atoms with van der Waals surface area (Å²) in [5.74, 6) is -0.115. The molecule has 0 aliphatic heterocycles. The average Bonchev–Trinajstić information content (AvgIpc) is 2.36. The molecule has 0 saturated carbocycles. The lowest BCUT2D eigenvalue weighted by Gasteiger charge is -2.18. The molecule has 0 aliphatic rings. The summed E-state index contributed by atoms with van der Waals surface area (Å²) < 4.78 is 0. The number of hydrogen-bond donors (Lipinski definition) is 2. The number of nitrogens with one attached hydrogen (secondary N) is 1. The Morgan fingerprint density at radius 3 is 2.72 bits per heavy atom. The molecule has 4 heteroatoms. The number of carbonyl (C=O) groups excluding carboxylic acids is 1. The molecule has 0 spiro atoms. The fourth-order valence-corrected chi connectivity index (χ4v) is 2.08. The van der Waals surface area contributed by atoms with Crippen molar-refractivity contribution in [3.63, 3.8) is 0 Å². The fourth-order valence-electron chi connectivity index (χ4n) is 1.78. The molecule has 3 N–H and O–H groups in total. The second-order valence-corrected chi connectivity index (χ2v) is 4.91. The summed E-state index contributed by atoms with van der Waals surface area (Å²) in [6.45, 7) is 3.99. The predicted molar refractivity (Wildman–Crippen MR) is 75.5 cm³/mol. The largest absolute Gasteiger partial charge is 0.348 e. The van der Waals surface area contributed by atoms with Crippen molar-refractivity contribution >= 4 is 17.5 Å². The normalized spacial score (nSPS) is 14.0. The fraction of sp³-hybridized carbons (Fsp3) is 0.500. The first-order valence-corrected chi connectivity index (χ1v) is 6.74. The molecule has 1 unspecified atom stereocenters. The van der Waals surface area contributed by atoms with E-state index in [2.05, 4.69) is 12.2 Å². The Morgan fingerprint density at radius 1 is 1.44 bits per heavy atom. The van der Waals surface area contributed by atoms with Crippen LogP contribution in [0.2, 0.25) is 5.02 Å². The molecule has 3 nitrogen and oxygen atoms in total. The molecule has 0 aliphatic carbocycles. The van der Waals surface area contributed by atoms with E-state index in [1.54, 1.807) is 0 Å². The Morgan fingerprint density at radius 2 is 2.11 bits per heavy atom. The minimum atomic E-state index is -0.435. The van der Waals surface area contributed by atoms with Crippen LogP contribution in [0.5, 0.6) is 0 Å². The van der Waals surface area contributed by atoms with Crippen LogP contribution in [-0.2, 0) is 4.79 Å². The van der Waals surface area contributed by atoms with Gasteiger partial charge < -0.3 is 11.1 Å². The summed E-state index contributed by atoms with van der Waals surface area (Å²) in [6, 6.07) is 6.93. The van der Waals surface area contributed by atoms with Gasteiger partial charge >= 0.3 is 0 Å². The van der Waals surface area contributed by atoms with E-state index in [4.69, 9.17) is 17.3 Å². The molecular formula is C14H21ClN2O. The second kappa shape index (κ2) is 7.39. The van der Waals surface area contributed by atoms with E-state index in [1.807, 2.05) is 31.2 Å². The maximum atomic E-state index is 11.9. The van der Waals surface area contributed by atoms with Crippen molar-refractivity contribution in [2.45, 2.75) is 45.2 Å². The molecule has 1 rings (SSSR count). The standard InChI is InChI=1S/C14H21ClN2O/c1-3-4-9-13(16)14(18)17-10(2)11-7-5-6-8-12(11)15/h5-8,10,13H,3-4,9,16H2,1-2H3,(H,17,18)/t10-,13?/m1/s1. The van der Waals surface area contributed by atoms with Crippen LogP contribution in [0.4, 0.5) is 0 Å². The van der Waals surface area contributed by atoms with Crippen LogP contribution in [0.1, 0.15) is 44.7 Å². The van der Waals surface area contributed by atoms with Gasteiger partial charge in [-0.2, -0.15) is 0 Å². The third kappa shape index (κ3) is 4.31. The van der Waals surface area contributed by atoms with E-state index >= 15 is 0 Å². The Balaban J connectivity index is 2.57. The lowest BCUT2D eigenvalue weighted by atomic mass is 10.1. The minimum absolute atomic E-state index is 0.115. The summed E-state index contributed by atoms with van der Waals surface area (Å²) in [5, 5.41) is 3.56. The summed E-state index contributed by atoms with van der Waals surface area (Å²) in [6.07, 6.45) is 2.73. The van der Waals surface area contributed by atoms with Gasteiger partial charge in [-0.25, -0.2) is 0 Å². The summed E-state index contributed by atoms with van der Waals surface area (Å²) in [7, 11) is 0. The maximum absolute atomic E-state index is 11.9. The molecular weight excluding hydrogens is 248 g/mol. The molecule has 0 radical (unpaired) electrons. The highest BCUT2D eigenvalue weighted by molar-refractivity contribution is 6.31. The van der Waals surface area contributed by atoms with Gasteiger partial charge in [-0.1, -0.05) is 49.6 Å². The summed E-state index contributed by atoms with van der Waals surface area (Å²) in [5.41, 5.74) is 6.73. The highest BCUT2D eigenvalue weighted by Gasteiger charge is 2.17. The zero-order valence-corrected chi connectivity index (χ0v) is 11.7. The van der Waals surface area contributed by atoms with Gasteiger partial charge in [-0.15, -0.1) is 0 Å². The zero-order valence-electron chi connectivity index (χ0n) is 10.9. The van der Waals surface area contributed by atoms with Gasteiger partial charge in [0.05, 0.1) is 12.1 Å². The first-order valence-electron chi connectivity index (χ1n) is 6.36. The van der Waals surface area contributed by atoms with Crippen molar-refractivity contribution in [1.29, 1.82) is 0 Å². The molecule has 0 saturated heterocycles. The molecule has 0 bridgehead atoms. The lowest BCUT2D eigenvalue weighted by Crippen LogP contribution is -2.41. The Bertz CT molecular complexity index is 395. The zero-order chi connectivity index (χ0) is 13.5. The number of halogens is 1. The molecule has 18 heavy (non-hydrogen) atoms. The molecule has 1 aromatic carbocycles. The van der Waals surface area contributed by atoms with Crippen molar-refractivity contribution in [1.82, 2.24) is 5.32 Å². The number of carbonyl (C=O) groups is 1. The average molecular weight is 269 g/mol. The summed E-state index contributed by atoms with van der Waals surface area (Å²) >= 11 is 6.08. The van der Waals surface area contributed by atoms with Crippen molar-refractivity contribution in [2.75, 3.05) is 0 Å². The van der Waals surface area contributed by atoms with Crippen LogP contribution in [-0.4, -0.2) is 11.9 Å². The van der Waals surface area contributed by atoms with E-state index < -0.39 is 6.04 Å². The quantitative estimate of drug-likeness (QED) is 0.833. The van der Waals surface area contributed by atoms with E-state index in [0.29, 0.717) is 5.02 Å². The molecule has 1 amide bonds. The highest BCUT2D eigenvalue weighted by atomic mass is 35.5. The van der Waals surface area contributed by atoms with Gasteiger partial charge in [0.25, 0.3) is 0 Å². The van der Waals surface area contributed by atoms with Crippen molar-refractivity contribution in [3.8, 4) is 0 Å². The van der Waals surface area contributed by atoms with Crippen LogP contribution < -0.4 is 11.1 Å². The van der Waals surface area contributed by atoms with Gasteiger partial charge in [-0.3, -0.25) is 4.79 Å². The number of amides is 1. The number of nitrogens with two attached hydrogens (primary N) is 1. The molecule has 1 aromatic rings. The third-order valence-electron chi connectivity index (χ3n) is 2.94. The Hall–Kier alpha value is -1.06. The molecule has 0 heterocycles. The first-order chi connectivity index (χ1) is 8.56. The van der Waals surface area contributed by atoms with Gasteiger partial charge in [-0.05, 0) is 25.0 Å². The van der Waals surface area contributed by atoms with Crippen LogP contribution in [0.3, 0.4) is 0 Å². The van der Waals surface area contributed by atoms with Crippen molar-refractivity contribution in [3.05, 3.63) is 34.9 Å². The van der Waals surface area contributed by atoms with Crippen LogP contribution in [0.25, 0.3) is 0 Å². The van der Waals surface area contributed by atoms with Gasteiger partial charge in [0.15, 0.2) is 0 Å². The first kappa shape index (κ1) is 15.0. The highest BCUT2D eigenvalue weighted by Crippen LogP contribution is 2.22. The Labute approximate surface area is 114 Å². The SMILES string of the molecule is CCCCC(N)C(=O)N[C@H](C)c1ccccc1Cl. The van der Waals surface area contributed by atoms with Crippen molar-refractivity contribution in [2.24, 2.45) is 5.73 Å². The van der Waals surface area contributed by atoms with Crippen LogP contribution >= 0.6 is 11.6 Å². The maximum Gasteiger partial charge on any atom is 0.237 e.